The first kappa shape index (κ1) is 21.5. The summed E-state index contributed by atoms with van der Waals surface area (Å²) >= 11 is 0. The van der Waals surface area contributed by atoms with Crippen LogP contribution in [0.2, 0.25) is 0 Å². The molecule has 3 aromatic carbocycles. The fourth-order valence-electron chi connectivity index (χ4n) is 3.59. The number of anilines is 2. The Hall–Kier alpha value is -3.74. The van der Waals surface area contributed by atoms with Crippen LogP contribution in [0.5, 0.6) is 0 Å². The summed E-state index contributed by atoms with van der Waals surface area (Å²) in [6, 6.07) is 19.0. The van der Waals surface area contributed by atoms with Gasteiger partial charge in [0.25, 0.3) is 0 Å². The molecular formula is C25H23F3N4. The van der Waals surface area contributed by atoms with Gasteiger partial charge in [0.2, 0.25) is 5.95 Å². The number of hydrogen-bond donors (Lipinski definition) is 2. The highest BCUT2D eigenvalue weighted by molar-refractivity contribution is 5.83. The molecule has 0 radical (unpaired) electrons. The van der Waals surface area contributed by atoms with Crippen molar-refractivity contribution in [2.45, 2.75) is 19.6 Å². The van der Waals surface area contributed by atoms with Crippen molar-refractivity contribution in [3.05, 3.63) is 95.6 Å². The van der Waals surface area contributed by atoms with Crippen LogP contribution in [0.3, 0.4) is 0 Å². The van der Waals surface area contributed by atoms with E-state index in [-0.39, 0.29) is 12.1 Å². The number of nitrogens with one attached hydrogen (secondary N) is 2. The Labute approximate surface area is 184 Å². The quantitative estimate of drug-likeness (QED) is 0.370. The van der Waals surface area contributed by atoms with Crippen LogP contribution >= 0.6 is 0 Å². The van der Waals surface area contributed by atoms with Gasteiger partial charge < -0.3 is 15.2 Å². The molecule has 1 aromatic heterocycles. The summed E-state index contributed by atoms with van der Waals surface area (Å²) in [4.78, 5) is 4.70. The maximum absolute atomic E-state index is 13.6. The minimum atomic E-state index is -4.44. The van der Waals surface area contributed by atoms with E-state index in [1.807, 2.05) is 49.4 Å². The average molecular weight is 436 g/mol. The van der Waals surface area contributed by atoms with Gasteiger partial charge in [-0.3, -0.25) is 0 Å². The second-order valence-electron chi connectivity index (χ2n) is 7.60. The fourth-order valence-corrected chi connectivity index (χ4v) is 3.59. The molecular weight excluding hydrogens is 413 g/mol. The van der Waals surface area contributed by atoms with Crippen LogP contribution in [-0.2, 0) is 12.7 Å². The Morgan fingerprint density at radius 3 is 2.44 bits per heavy atom. The van der Waals surface area contributed by atoms with Crippen molar-refractivity contribution in [3.8, 4) is 0 Å². The lowest BCUT2D eigenvalue weighted by Crippen LogP contribution is -2.12. The number of fused-ring (bicyclic) bond motifs is 1. The first-order valence-electron chi connectivity index (χ1n) is 10.1. The van der Waals surface area contributed by atoms with Crippen LogP contribution < -0.4 is 10.6 Å². The summed E-state index contributed by atoms with van der Waals surface area (Å²) in [6.07, 6.45) is -4.44. The van der Waals surface area contributed by atoms with E-state index < -0.39 is 11.7 Å². The molecule has 0 fully saturated rings. The lowest BCUT2D eigenvalue weighted by atomic mass is 10.1. The van der Waals surface area contributed by atoms with Crippen LogP contribution in [0.4, 0.5) is 24.8 Å². The van der Waals surface area contributed by atoms with Crippen LogP contribution in [0, 0.1) is 6.92 Å². The third kappa shape index (κ3) is 4.32. The van der Waals surface area contributed by atoms with Gasteiger partial charge in [-0.25, -0.2) is 4.98 Å². The van der Waals surface area contributed by atoms with Gasteiger partial charge in [-0.1, -0.05) is 48.5 Å². The Morgan fingerprint density at radius 2 is 1.75 bits per heavy atom. The Kier molecular flexibility index (Phi) is 5.65. The van der Waals surface area contributed by atoms with E-state index in [1.54, 1.807) is 17.7 Å². The molecule has 164 valence electrons. The van der Waals surface area contributed by atoms with Gasteiger partial charge in [0.05, 0.1) is 23.1 Å². The van der Waals surface area contributed by atoms with E-state index in [2.05, 4.69) is 17.2 Å². The zero-order chi connectivity index (χ0) is 22.9. The summed E-state index contributed by atoms with van der Waals surface area (Å²) in [6.45, 7) is 5.99. The van der Waals surface area contributed by atoms with Crippen molar-refractivity contribution in [3.63, 3.8) is 0 Å². The van der Waals surface area contributed by atoms with E-state index in [9.17, 15) is 13.2 Å². The predicted molar refractivity (Wildman–Crippen MR) is 123 cm³/mol. The molecule has 0 aliphatic rings. The van der Waals surface area contributed by atoms with E-state index in [0.29, 0.717) is 11.5 Å². The summed E-state index contributed by atoms with van der Waals surface area (Å²) in [5.74, 6) is 0.466. The monoisotopic (exact) mass is 436 g/mol. The first-order chi connectivity index (χ1) is 15.3. The van der Waals surface area contributed by atoms with Crippen molar-refractivity contribution >= 4 is 28.4 Å². The zero-order valence-electron chi connectivity index (χ0n) is 17.8. The minimum absolute atomic E-state index is 0.0205. The molecule has 32 heavy (non-hydrogen) atoms. The first-order valence-corrected chi connectivity index (χ1v) is 10.1. The number of nitrogens with zero attached hydrogens (tertiary/aromatic N) is 2. The van der Waals surface area contributed by atoms with Gasteiger partial charge in [0.15, 0.2) is 0 Å². The topological polar surface area (TPSA) is 41.9 Å². The maximum atomic E-state index is 13.6. The van der Waals surface area contributed by atoms with Crippen molar-refractivity contribution in [1.82, 2.24) is 14.9 Å². The molecule has 4 nitrogen and oxygen atoms in total. The molecule has 7 heteroatoms. The normalized spacial score (nSPS) is 11.5. The number of aromatic nitrogens is 2. The fraction of sp³-hybridized carbons (Fsp3) is 0.160. The largest absolute Gasteiger partial charge is 0.416 e. The maximum Gasteiger partial charge on any atom is 0.416 e. The molecule has 0 spiro atoms. The van der Waals surface area contributed by atoms with Crippen molar-refractivity contribution in [2.24, 2.45) is 0 Å². The van der Waals surface area contributed by atoms with E-state index in [1.165, 1.54) is 12.1 Å². The number of imidazole rings is 1. The molecule has 0 unspecified atom stereocenters. The van der Waals surface area contributed by atoms with Crippen LogP contribution in [0.25, 0.3) is 16.7 Å². The SMILES string of the molecule is C=C(NC)c1ccc2c(c1)nc(Nc1ccc(C)cc1)n2Cc1ccccc1C(F)(F)F. The predicted octanol–water partition coefficient (Wildman–Crippen LogP) is 6.35. The van der Waals surface area contributed by atoms with Gasteiger partial charge in [-0.05, 0) is 48.4 Å². The number of benzene rings is 3. The van der Waals surface area contributed by atoms with E-state index in [0.717, 1.165) is 34.1 Å². The third-order valence-corrected chi connectivity index (χ3v) is 5.36. The minimum Gasteiger partial charge on any atom is -0.388 e. The second-order valence-corrected chi connectivity index (χ2v) is 7.60. The summed E-state index contributed by atoms with van der Waals surface area (Å²) < 4.78 is 42.6. The second kappa shape index (κ2) is 8.42. The molecule has 0 bridgehead atoms. The van der Waals surface area contributed by atoms with Gasteiger partial charge >= 0.3 is 6.18 Å². The number of hydrogen-bond acceptors (Lipinski definition) is 3. The van der Waals surface area contributed by atoms with E-state index >= 15 is 0 Å². The summed E-state index contributed by atoms with van der Waals surface area (Å²) in [7, 11) is 1.78. The highest BCUT2D eigenvalue weighted by Crippen LogP contribution is 2.34. The molecule has 0 amide bonds. The van der Waals surface area contributed by atoms with Gasteiger partial charge in [0.1, 0.15) is 0 Å². The van der Waals surface area contributed by atoms with Gasteiger partial charge in [-0.15, -0.1) is 0 Å². The third-order valence-electron chi connectivity index (χ3n) is 5.36. The molecule has 4 aromatic rings. The Bertz CT molecular complexity index is 1270. The number of aryl methyl sites for hydroxylation is 1. The van der Waals surface area contributed by atoms with Crippen LogP contribution in [-0.4, -0.2) is 16.6 Å². The Balaban J connectivity index is 1.83. The average Bonchev–Trinajstić information content (AvgIpc) is 3.10. The van der Waals surface area contributed by atoms with Crippen LogP contribution in [0.15, 0.2) is 73.3 Å². The molecule has 4 rings (SSSR count). The lowest BCUT2D eigenvalue weighted by molar-refractivity contribution is -0.138. The lowest BCUT2D eigenvalue weighted by Gasteiger charge is -2.16. The summed E-state index contributed by atoms with van der Waals surface area (Å²) in [5.41, 5.74) is 4.43. The molecule has 0 saturated heterocycles. The van der Waals surface area contributed by atoms with Crippen molar-refractivity contribution in [2.75, 3.05) is 12.4 Å². The highest BCUT2D eigenvalue weighted by Gasteiger charge is 2.33. The summed E-state index contributed by atoms with van der Waals surface area (Å²) in [5, 5.41) is 6.27. The van der Waals surface area contributed by atoms with Crippen molar-refractivity contribution in [1.29, 1.82) is 0 Å². The number of alkyl halides is 3. The van der Waals surface area contributed by atoms with Crippen molar-refractivity contribution < 1.29 is 13.2 Å². The zero-order valence-corrected chi connectivity index (χ0v) is 17.8. The standard InChI is InChI=1S/C25H23F3N4/c1-16-8-11-20(12-9-16)30-24-31-22-14-18(17(2)29-3)10-13-23(22)32(24)15-19-6-4-5-7-21(19)25(26,27)28/h4-14,29H,2,15H2,1,3H3,(H,30,31). The molecule has 0 aliphatic heterocycles. The number of halogens is 3. The Morgan fingerprint density at radius 1 is 1.03 bits per heavy atom. The molecule has 0 saturated carbocycles. The molecule has 1 heterocycles. The van der Waals surface area contributed by atoms with Gasteiger partial charge in [-0.2, -0.15) is 13.2 Å². The van der Waals surface area contributed by atoms with Crippen LogP contribution in [0.1, 0.15) is 22.3 Å². The smallest absolute Gasteiger partial charge is 0.388 e. The molecule has 2 N–H and O–H groups in total. The van der Waals surface area contributed by atoms with Gasteiger partial charge in [0, 0.05) is 18.4 Å². The van der Waals surface area contributed by atoms with E-state index in [4.69, 9.17) is 4.98 Å². The molecule has 0 aliphatic carbocycles. The molecule has 0 atom stereocenters. The highest BCUT2D eigenvalue weighted by atomic mass is 19.4. The number of rotatable bonds is 6.